The third-order valence-corrected chi connectivity index (χ3v) is 2.94. The van der Waals surface area contributed by atoms with Crippen LogP contribution in [0.3, 0.4) is 0 Å². The maximum Gasteiger partial charge on any atom is 0.144 e. The highest BCUT2D eigenvalue weighted by molar-refractivity contribution is 5.73. The zero-order chi connectivity index (χ0) is 14.5. The van der Waals surface area contributed by atoms with E-state index in [2.05, 4.69) is 9.88 Å². The van der Waals surface area contributed by atoms with Crippen molar-refractivity contribution in [3.8, 4) is 5.75 Å². The van der Waals surface area contributed by atoms with E-state index in [0.717, 1.165) is 17.1 Å². The largest absolute Gasteiger partial charge is 0.489 e. The molecule has 20 heavy (non-hydrogen) atoms. The molecule has 0 spiro atoms. The molecule has 0 saturated carbocycles. The Labute approximate surface area is 120 Å². The number of nitrogens with zero attached hydrogens (tertiary/aromatic N) is 2. The van der Waals surface area contributed by atoms with Gasteiger partial charge in [-0.3, -0.25) is 4.98 Å². The molecule has 2 rings (SSSR count). The van der Waals surface area contributed by atoms with Crippen LogP contribution in [-0.4, -0.2) is 18.1 Å². The van der Waals surface area contributed by atoms with Crippen LogP contribution >= 0.6 is 0 Å². The highest BCUT2D eigenvalue weighted by Gasteiger charge is 2.11. The summed E-state index contributed by atoms with van der Waals surface area (Å²) in [7, 11) is 2.00. The molecule has 0 bridgehead atoms. The van der Waals surface area contributed by atoms with Crippen molar-refractivity contribution in [1.29, 1.82) is 0 Å². The Bertz CT molecular complexity index is 555. The van der Waals surface area contributed by atoms with E-state index < -0.39 is 0 Å². The van der Waals surface area contributed by atoms with Crippen molar-refractivity contribution < 1.29 is 4.74 Å². The van der Waals surface area contributed by atoms with Crippen LogP contribution in [0.2, 0.25) is 0 Å². The molecule has 0 fully saturated rings. The van der Waals surface area contributed by atoms with Crippen molar-refractivity contribution in [3.05, 3.63) is 48.3 Å². The summed E-state index contributed by atoms with van der Waals surface area (Å²) in [6.07, 6.45) is 1.90. The van der Waals surface area contributed by atoms with Gasteiger partial charge in [0.15, 0.2) is 0 Å². The first-order valence-electron chi connectivity index (χ1n) is 6.74. The summed E-state index contributed by atoms with van der Waals surface area (Å²) < 4.78 is 5.72. The lowest BCUT2D eigenvalue weighted by atomic mass is 10.2. The van der Waals surface area contributed by atoms with Gasteiger partial charge in [-0.05, 0) is 38.1 Å². The normalized spacial score (nSPS) is 10.6. The van der Waals surface area contributed by atoms with Gasteiger partial charge in [-0.15, -0.1) is 0 Å². The van der Waals surface area contributed by atoms with Crippen molar-refractivity contribution in [2.24, 2.45) is 0 Å². The summed E-state index contributed by atoms with van der Waals surface area (Å²) in [6.45, 7) is 4.68. The van der Waals surface area contributed by atoms with E-state index in [4.69, 9.17) is 10.5 Å². The first-order valence-corrected chi connectivity index (χ1v) is 6.74. The topological polar surface area (TPSA) is 51.4 Å². The Balaban J connectivity index is 2.19. The van der Waals surface area contributed by atoms with E-state index in [0.29, 0.717) is 12.2 Å². The Morgan fingerprint density at radius 1 is 1.20 bits per heavy atom. The second kappa shape index (κ2) is 6.28. The standard InChI is InChI=1S/C16H21N3O/c1-12(2)20-15-9-6-8-14(16(15)17)19(3)11-13-7-4-5-10-18-13/h4-10,12H,11,17H2,1-3H3. The van der Waals surface area contributed by atoms with E-state index in [1.165, 1.54) is 0 Å². The second-order valence-corrected chi connectivity index (χ2v) is 5.03. The maximum atomic E-state index is 6.20. The van der Waals surface area contributed by atoms with E-state index in [1.807, 2.05) is 57.3 Å². The zero-order valence-electron chi connectivity index (χ0n) is 12.2. The number of para-hydroxylation sites is 1. The molecule has 0 saturated heterocycles. The Kier molecular flexibility index (Phi) is 4.45. The van der Waals surface area contributed by atoms with Gasteiger partial charge in [0.05, 0.1) is 29.7 Å². The Morgan fingerprint density at radius 2 is 2.00 bits per heavy atom. The first kappa shape index (κ1) is 14.2. The summed E-state index contributed by atoms with van der Waals surface area (Å²) in [4.78, 5) is 6.41. The number of aromatic nitrogens is 1. The van der Waals surface area contributed by atoms with E-state index >= 15 is 0 Å². The summed E-state index contributed by atoms with van der Waals surface area (Å²) in [5.74, 6) is 0.727. The molecule has 1 aromatic carbocycles. The van der Waals surface area contributed by atoms with Crippen molar-refractivity contribution in [3.63, 3.8) is 0 Å². The van der Waals surface area contributed by atoms with Gasteiger partial charge >= 0.3 is 0 Å². The van der Waals surface area contributed by atoms with Crippen LogP contribution in [0.5, 0.6) is 5.75 Å². The number of anilines is 2. The minimum Gasteiger partial charge on any atom is -0.489 e. The average Bonchev–Trinajstić information content (AvgIpc) is 2.41. The van der Waals surface area contributed by atoms with Gasteiger partial charge in [0, 0.05) is 13.2 Å². The molecule has 0 aliphatic heterocycles. The molecule has 4 nitrogen and oxygen atoms in total. The minimum absolute atomic E-state index is 0.105. The lowest BCUT2D eigenvalue weighted by molar-refractivity contribution is 0.244. The summed E-state index contributed by atoms with van der Waals surface area (Å²) in [5, 5.41) is 0. The first-order chi connectivity index (χ1) is 9.58. The van der Waals surface area contributed by atoms with Gasteiger partial charge < -0.3 is 15.4 Å². The third kappa shape index (κ3) is 3.41. The quantitative estimate of drug-likeness (QED) is 0.849. The number of pyridine rings is 1. The molecule has 106 valence electrons. The highest BCUT2D eigenvalue weighted by atomic mass is 16.5. The van der Waals surface area contributed by atoms with Gasteiger partial charge in [0.25, 0.3) is 0 Å². The molecule has 0 radical (unpaired) electrons. The molecule has 4 heteroatoms. The number of hydrogen-bond donors (Lipinski definition) is 1. The summed E-state index contributed by atoms with van der Waals surface area (Å²) in [5.41, 5.74) is 8.82. The predicted molar refractivity (Wildman–Crippen MR) is 83.0 cm³/mol. The van der Waals surface area contributed by atoms with Crippen LogP contribution < -0.4 is 15.4 Å². The van der Waals surface area contributed by atoms with Crippen LogP contribution in [0.4, 0.5) is 11.4 Å². The average molecular weight is 271 g/mol. The molecule has 0 atom stereocenters. The monoisotopic (exact) mass is 271 g/mol. The van der Waals surface area contributed by atoms with Gasteiger partial charge in [-0.2, -0.15) is 0 Å². The number of ether oxygens (including phenoxy) is 1. The molecule has 1 aromatic heterocycles. The number of rotatable bonds is 5. The van der Waals surface area contributed by atoms with E-state index in [-0.39, 0.29) is 6.10 Å². The Morgan fingerprint density at radius 3 is 2.65 bits per heavy atom. The van der Waals surface area contributed by atoms with Crippen LogP contribution in [-0.2, 0) is 6.54 Å². The second-order valence-electron chi connectivity index (χ2n) is 5.03. The van der Waals surface area contributed by atoms with Gasteiger partial charge in [0.2, 0.25) is 0 Å². The zero-order valence-corrected chi connectivity index (χ0v) is 12.2. The minimum atomic E-state index is 0.105. The lowest BCUT2D eigenvalue weighted by Crippen LogP contribution is -2.19. The third-order valence-electron chi connectivity index (χ3n) is 2.94. The number of nitrogen functional groups attached to an aromatic ring is 1. The summed E-state index contributed by atoms with van der Waals surface area (Å²) >= 11 is 0. The van der Waals surface area contributed by atoms with Gasteiger partial charge in [-0.1, -0.05) is 12.1 Å². The molecule has 0 aliphatic carbocycles. The van der Waals surface area contributed by atoms with Crippen molar-refractivity contribution >= 4 is 11.4 Å². The van der Waals surface area contributed by atoms with Gasteiger partial charge in [-0.25, -0.2) is 0 Å². The predicted octanol–water partition coefficient (Wildman–Crippen LogP) is 3.09. The Hall–Kier alpha value is -2.23. The highest BCUT2D eigenvalue weighted by Crippen LogP contribution is 2.32. The van der Waals surface area contributed by atoms with Crippen LogP contribution in [0.25, 0.3) is 0 Å². The van der Waals surface area contributed by atoms with Gasteiger partial charge in [0.1, 0.15) is 5.75 Å². The molecule has 0 unspecified atom stereocenters. The molecular weight excluding hydrogens is 250 g/mol. The number of hydrogen-bond acceptors (Lipinski definition) is 4. The fourth-order valence-electron chi connectivity index (χ4n) is 2.04. The van der Waals surface area contributed by atoms with E-state index in [9.17, 15) is 0 Å². The lowest BCUT2D eigenvalue weighted by Gasteiger charge is -2.22. The number of benzene rings is 1. The van der Waals surface area contributed by atoms with Crippen molar-refractivity contribution in [2.75, 3.05) is 17.7 Å². The fourth-order valence-corrected chi connectivity index (χ4v) is 2.04. The molecular formula is C16H21N3O. The SMILES string of the molecule is CC(C)Oc1cccc(N(C)Cc2ccccn2)c1N. The molecule has 2 N–H and O–H groups in total. The fraction of sp³-hybridized carbons (Fsp3) is 0.312. The molecule has 1 heterocycles. The summed E-state index contributed by atoms with van der Waals surface area (Å²) in [6, 6.07) is 11.7. The number of nitrogens with two attached hydrogens (primary N) is 1. The van der Waals surface area contributed by atoms with Crippen LogP contribution in [0, 0.1) is 0 Å². The van der Waals surface area contributed by atoms with Crippen LogP contribution in [0.1, 0.15) is 19.5 Å². The maximum absolute atomic E-state index is 6.20. The molecule has 0 amide bonds. The smallest absolute Gasteiger partial charge is 0.144 e. The molecule has 0 aliphatic rings. The van der Waals surface area contributed by atoms with Crippen LogP contribution in [0.15, 0.2) is 42.6 Å². The molecule has 2 aromatic rings. The van der Waals surface area contributed by atoms with Crippen molar-refractivity contribution in [2.45, 2.75) is 26.5 Å². The van der Waals surface area contributed by atoms with Crippen molar-refractivity contribution in [1.82, 2.24) is 4.98 Å². The van der Waals surface area contributed by atoms with E-state index in [1.54, 1.807) is 6.20 Å².